The molecule has 2 radical (unpaired) electrons. The van der Waals surface area contributed by atoms with Crippen LogP contribution in [-0.2, 0) is 19.2 Å². The average Bonchev–Trinajstić information content (AvgIpc) is 2.55. The first kappa shape index (κ1) is 24.1. The van der Waals surface area contributed by atoms with Gasteiger partial charge in [0.15, 0.2) is 0 Å². The minimum Gasteiger partial charge on any atom is -0.481 e. The van der Waals surface area contributed by atoms with Gasteiger partial charge in [0, 0.05) is 37.7 Å². The smallest absolute Gasteiger partial charge is 0.307 e. The SMILES string of the molecule is O=C(O)C1CCCCC1C(=O)O.O=C(O)C1CCCCC1C(=O)O.[Ca]. The number of carbonyl (C=O) groups is 4. The molecule has 0 aromatic heterocycles. The van der Waals surface area contributed by atoms with E-state index in [9.17, 15) is 19.2 Å². The van der Waals surface area contributed by atoms with Crippen LogP contribution in [0.25, 0.3) is 0 Å². The Bertz CT molecular complexity index is 405. The van der Waals surface area contributed by atoms with Crippen LogP contribution in [0.3, 0.4) is 0 Å². The Balaban J connectivity index is 0.000000443. The molecule has 4 N–H and O–H groups in total. The zero-order valence-electron chi connectivity index (χ0n) is 14.1. The van der Waals surface area contributed by atoms with Gasteiger partial charge >= 0.3 is 23.9 Å². The van der Waals surface area contributed by atoms with Crippen LogP contribution in [-0.4, -0.2) is 82.0 Å². The van der Waals surface area contributed by atoms with Gasteiger partial charge in [0.25, 0.3) is 0 Å². The second kappa shape index (κ2) is 11.7. The van der Waals surface area contributed by atoms with Crippen molar-refractivity contribution < 1.29 is 39.6 Å². The van der Waals surface area contributed by atoms with E-state index < -0.39 is 47.5 Å². The van der Waals surface area contributed by atoms with Gasteiger partial charge in [0.1, 0.15) is 0 Å². The molecule has 0 spiro atoms. The maximum atomic E-state index is 10.6. The third-order valence-electron chi connectivity index (χ3n) is 4.80. The standard InChI is InChI=1S/2C8H12O4.Ca/c2*9-7(10)5-3-1-2-4-6(5)8(11)12;/h2*5-6H,1-4H2,(H,9,10)(H,11,12);. The van der Waals surface area contributed by atoms with Crippen molar-refractivity contribution in [2.45, 2.75) is 51.4 Å². The number of hydrogen-bond acceptors (Lipinski definition) is 4. The number of carboxylic acids is 4. The molecule has 2 fully saturated rings. The molecule has 8 nitrogen and oxygen atoms in total. The summed E-state index contributed by atoms with van der Waals surface area (Å²) >= 11 is 0. The fraction of sp³-hybridized carbons (Fsp3) is 0.750. The van der Waals surface area contributed by atoms with Crippen molar-refractivity contribution in [3.63, 3.8) is 0 Å². The van der Waals surface area contributed by atoms with E-state index in [1.54, 1.807) is 0 Å². The zero-order valence-corrected chi connectivity index (χ0v) is 16.3. The first-order valence-electron chi connectivity index (χ1n) is 8.17. The van der Waals surface area contributed by atoms with Gasteiger partial charge in [0.05, 0.1) is 23.7 Å². The van der Waals surface area contributed by atoms with Gasteiger partial charge < -0.3 is 20.4 Å². The van der Waals surface area contributed by atoms with Gasteiger partial charge in [-0.1, -0.05) is 25.7 Å². The van der Waals surface area contributed by atoms with Gasteiger partial charge in [-0.05, 0) is 25.7 Å². The summed E-state index contributed by atoms with van der Waals surface area (Å²) in [5, 5.41) is 34.8. The quantitative estimate of drug-likeness (QED) is 0.533. The fourth-order valence-electron chi connectivity index (χ4n) is 3.44. The monoisotopic (exact) mass is 384 g/mol. The molecule has 0 saturated heterocycles. The van der Waals surface area contributed by atoms with Gasteiger partial charge in [-0.3, -0.25) is 19.2 Å². The number of hydrogen-bond donors (Lipinski definition) is 4. The fourth-order valence-corrected chi connectivity index (χ4v) is 3.44. The predicted octanol–water partition coefficient (Wildman–Crippen LogP) is 1.54. The Morgan fingerprint density at radius 2 is 0.640 bits per heavy atom. The molecule has 4 unspecified atom stereocenters. The van der Waals surface area contributed by atoms with Crippen LogP contribution in [0.4, 0.5) is 0 Å². The Morgan fingerprint density at radius 1 is 0.480 bits per heavy atom. The second-order valence-electron chi connectivity index (χ2n) is 6.35. The molecule has 0 aliphatic heterocycles. The van der Waals surface area contributed by atoms with Crippen molar-refractivity contribution in [2.75, 3.05) is 0 Å². The van der Waals surface area contributed by atoms with Crippen LogP contribution in [0.2, 0.25) is 0 Å². The first-order chi connectivity index (χ1) is 11.3. The number of rotatable bonds is 4. The molecular weight excluding hydrogens is 360 g/mol. The summed E-state index contributed by atoms with van der Waals surface area (Å²) in [6.07, 6.45) is 5.36. The molecule has 2 rings (SSSR count). The minimum atomic E-state index is -0.970. The molecule has 0 aromatic rings. The van der Waals surface area contributed by atoms with Crippen molar-refractivity contribution in [3.8, 4) is 0 Å². The third-order valence-corrected chi connectivity index (χ3v) is 4.80. The summed E-state index contributed by atoms with van der Waals surface area (Å²) in [6, 6.07) is 0. The van der Waals surface area contributed by atoms with E-state index >= 15 is 0 Å². The van der Waals surface area contributed by atoms with Gasteiger partial charge in [0.2, 0.25) is 0 Å². The number of carboxylic acid groups (broad SMARTS) is 4. The maximum absolute atomic E-state index is 10.6. The van der Waals surface area contributed by atoms with E-state index in [0.29, 0.717) is 25.7 Å². The molecule has 2 aliphatic carbocycles. The van der Waals surface area contributed by atoms with Gasteiger partial charge in [-0.15, -0.1) is 0 Å². The molecule has 138 valence electrons. The van der Waals surface area contributed by atoms with Crippen LogP contribution < -0.4 is 0 Å². The molecule has 9 heteroatoms. The molecular formula is C16H24CaO8. The normalized spacial score (nSPS) is 28.5. The molecule has 4 atom stereocenters. The topological polar surface area (TPSA) is 149 Å². The van der Waals surface area contributed by atoms with E-state index in [1.165, 1.54) is 0 Å². The van der Waals surface area contributed by atoms with Crippen molar-refractivity contribution in [1.29, 1.82) is 0 Å². The van der Waals surface area contributed by atoms with E-state index in [4.69, 9.17) is 20.4 Å². The molecule has 0 heterocycles. The van der Waals surface area contributed by atoms with Crippen molar-refractivity contribution in [3.05, 3.63) is 0 Å². The first-order valence-corrected chi connectivity index (χ1v) is 8.17. The molecule has 25 heavy (non-hydrogen) atoms. The van der Waals surface area contributed by atoms with E-state index in [0.717, 1.165) is 25.7 Å². The van der Waals surface area contributed by atoms with E-state index in [1.807, 2.05) is 0 Å². The summed E-state index contributed by atoms with van der Waals surface area (Å²) < 4.78 is 0. The third kappa shape index (κ3) is 7.50. The molecule has 2 saturated carbocycles. The summed E-state index contributed by atoms with van der Waals surface area (Å²) in [5.74, 6) is -6.56. The van der Waals surface area contributed by atoms with Crippen molar-refractivity contribution in [2.24, 2.45) is 23.7 Å². The van der Waals surface area contributed by atoms with Gasteiger partial charge in [-0.2, -0.15) is 0 Å². The Kier molecular flexibility index (Phi) is 11.3. The Hall–Kier alpha value is -0.860. The summed E-state index contributed by atoms with van der Waals surface area (Å²) in [6.45, 7) is 0. The van der Waals surface area contributed by atoms with E-state index in [2.05, 4.69) is 0 Å². The summed E-state index contributed by atoms with van der Waals surface area (Å²) in [4.78, 5) is 42.4. The van der Waals surface area contributed by atoms with E-state index in [-0.39, 0.29) is 37.7 Å². The average molecular weight is 384 g/mol. The van der Waals surface area contributed by atoms with Crippen LogP contribution in [0, 0.1) is 23.7 Å². The Labute approximate surface area is 175 Å². The number of aliphatic carboxylic acids is 4. The predicted molar refractivity (Wildman–Crippen MR) is 87.2 cm³/mol. The van der Waals surface area contributed by atoms with Crippen molar-refractivity contribution >= 4 is 61.6 Å². The van der Waals surface area contributed by atoms with Crippen LogP contribution >= 0.6 is 0 Å². The Morgan fingerprint density at radius 3 is 0.760 bits per heavy atom. The van der Waals surface area contributed by atoms with Crippen LogP contribution in [0.5, 0.6) is 0 Å². The van der Waals surface area contributed by atoms with Crippen LogP contribution in [0.1, 0.15) is 51.4 Å². The molecule has 0 aromatic carbocycles. The largest absolute Gasteiger partial charge is 0.481 e. The van der Waals surface area contributed by atoms with Crippen molar-refractivity contribution in [1.82, 2.24) is 0 Å². The molecule has 0 bridgehead atoms. The second-order valence-corrected chi connectivity index (χ2v) is 6.35. The zero-order chi connectivity index (χ0) is 18.3. The summed E-state index contributed by atoms with van der Waals surface area (Å²) in [5.41, 5.74) is 0. The maximum Gasteiger partial charge on any atom is 0.307 e. The molecule has 2 aliphatic rings. The molecule has 0 amide bonds. The summed E-state index contributed by atoms with van der Waals surface area (Å²) in [7, 11) is 0. The van der Waals surface area contributed by atoms with Crippen LogP contribution in [0.15, 0.2) is 0 Å². The van der Waals surface area contributed by atoms with Gasteiger partial charge in [-0.25, -0.2) is 0 Å². The minimum absolute atomic E-state index is 0.